The number of carbonyl (C=O) groups excluding carboxylic acids is 1. The molecule has 2 N–H and O–H groups in total. The van der Waals surface area contributed by atoms with Crippen LogP contribution in [-0.2, 0) is 10.0 Å². The van der Waals surface area contributed by atoms with Gasteiger partial charge in [0, 0.05) is 17.8 Å². The third kappa shape index (κ3) is 6.70. The van der Waals surface area contributed by atoms with E-state index < -0.39 is 10.0 Å². The molecule has 1 aliphatic heterocycles. The Kier molecular flexibility index (Phi) is 7.92. The second kappa shape index (κ2) is 10.6. The number of nitrogens with one attached hydrogen (secondary N) is 2. The molecule has 0 aliphatic carbocycles. The second-order valence-electron chi connectivity index (χ2n) is 7.88. The number of benzene rings is 2. The van der Waals surface area contributed by atoms with Crippen molar-refractivity contribution in [3.05, 3.63) is 54.1 Å². The molecule has 1 saturated heterocycles. The Balaban J connectivity index is 1.58. The number of hydrogen-bond acceptors (Lipinski definition) is 5. The number of rotatable bonds is 9. The van der Waals surface area contributed by atoms with Crippen LogP contribution in [0.2, 0.25) is 0 Å². The summed E-state index contributed by atoms with van der Waals surface area (Å²) < 4.78 is 33.4. The highest BCUT2D eigenvalue weighted by Gasteiger charge is 2.18. The molecule has 1 fully saturated rings. The lowest BCUT2D eigenvalue weighted by molar-refractivity contribution is 0.0948. The standard InChI is InChI=1S/C23H31N3O4S/c1-3-30-21-9-7-20(8-10-21)25-31(28,29)22-6-4-5-19(17-22)23(27)24-14-11-18-12-15-26(2)16-13-18/h4-10,17-18,25H,3,11-16H2,1-2H3,(H,24,27). The third-order valence-corrected chi connectivity index (χ3v) is 6.88. The van der Waals surface area contributed by atoms with Crippen LogP contribution in [0.25, 0.3) is 0 Å². The summed E-state index contributed by atoms with van der Waals surface area (Å²) in [5.41, 5.74) is 0.759. The van der Waals surface area contributed by atoms with Gasteiger partial charge in [-0.2, -0.15) is 0 Å². The molecular formula is C23H31N3O4S. The molecule has 168 valence electrons. The summed E-state index contributed by atoms with van der Waals surface area (Å²) in [5.74, 6) is 1.04. The highest BCUT2D eigenvalue weighted by molar-refractivity contribution is 7.92. The molecule has 0 spiro atoms. The molecule has 0 saturated carbocycles. The lowest BCUT2D eigenvalue weighted by Crippen LogP contribution is -2.32. The normalized spacial score (nSPS) is 15.4. The Morgan fingerprint density at radius 3 is 2.52 bits per heavy atom. The zero-order valence-corrected chi connectivity index (χ0v) is 19.0. The number of anilines is 1. The molecule has 0 unspecified atom stereocenters. The maximum atomic E-state index is 12.8. The predicted molar refractivity (Wildman–Crippen MR) is 122 cm³/mol. The van der Waals surface area contributed by atoms with Crippen LogP contribution in [0.4, 0.5) is 5.69 Å². The van der Waals surface area contributed by atoms with Crippen molar-refractivity contribution in [2.24, 2.45) is 5.92 Å². The van der Waals surface area contributed by atoms with E-state index in [1.54, 1.807) is 36.4 Å². The van der Waals surface area contributed by atoms with Crippen LogP contribution < -0.4 is 14.8 Å². The summed E-state index contributed by atoms with van der Waals surface area (Å²) >= 11 is 0. The monoisotopic (exact) mass is 445 g/mol. The number of likely N-dealkylation sites (tertiary alicyclic amines) is 1. The number of sulfonamides is 1. The van der Waals surface area contributed by atoms with E-state index in [1.807, 2.05) is 6.92 Å². The molecule has 1 heterocycles. The fourth-order valence-corrected chi connectivity index (χ4v) is 4.75. The predicted octanol–water partition coefficient (Wildman–Crippen LogP) is 3.35. The Morgan fingerprint density at radius 1 is 1.13 bits per heavy atom. The Morgan fingerprint density at radius 2 is 1.84 bits per heavy atom. The first-order valence-electron chi connectivity index (χ1n) is 10.7. The van der Waals surface area contributed by atoms with Crippen molar-refractivity contribution in [3.8, 4) is 5.75 Å². The number of piperidine rings is 1. The summed E-state index contributed by atoms with van der Waals surface area (Å²) in [4.78, 5) is 14.9. The Labute approximate surface area is 184 Å². The van der Waals surface area contributed by atoms with E-state index in [2.05, 4.69) is 22.0 Å². The Bertz CT molecular complexity index is 969. The minimum absolute atomic E-state index is 0.0457. The van der Waals surface area contributed by atoms with E-state index in [1.165, 1.54) is 12.1 Å². The summed E-state index contributed by atoms with van der Waals surface area (Å²) in [6.07, 6.45) is 3.24. The largest absolute Gasteiger partial charge is 0.494 e. The van der Waals surface area contributed by atoms with Crippen molar-refractivity contribution in [2.75, 3.05) is 38.0 Å². The summed E-state index contributed by atoms with van der Waals surface area (Å²) in [6, 6.07) is 12.8. The van der Waals surface area contributed by atoms with E-state index in [-0.39, 0.29) is 10.8 Å². The van der Waals surface area contributed by atoms with Crippen LogP contribution in [0.1, 0.15) is 36.5 Å². The summed E-state index contributed by atoms with van der Waals surface area (Å²) in [5, 5.41) is 2.92. The van der Waals surface area contributed by atoms with Crippen LogP contribution >= 0.6 is 0 Å². The van der Waals surface area contributed by atoms with E-state index >= 15 is 0 Å². The minimum atomic E-state index is -3.81. The first-order valence-corrected chi connectivity index (χ1v) is 12.2. The highest BCUT2D eigenvalue weighted by atomic mass is 32.2. The number of hydrogen-bond donors (Lipinski definition) is 2. The van der Waals surface area contributed by atoms with Crippen molar-refractivity contribution >= 4 is 21.6 Å². The molecule has 7 nitrogen and oxygen atoms in total. The molecule has 3 rings (SSSR count). The average Bonchev–Trinajstić information content (AvgIpc) is 2.76. The first kappa shape index (κ1) is 23.1. The zero-order chi connectivity index (χ0) is 22.3. The molecule has 2 aromatic carbocycles. The van der Waals surface area contributed by atoms with Crippen molar-refractivity contribution in [1.29, 1.82) is 0 Å². The van der Waals surface area contributed by atoms with Gasteiger partial charge in [0.1, 0.15) is 5.75 Å². The van der Waals surface area contributed by atoms with Gasteiger partial charge in [0.05, 0.1) is 11.5 Å². The maximum absolute atomic E-state index is 12.8. The van der Waals surface area contributed by atoms with Crippen molar-refractivity contribution in [1.82, 2.24) is 10.2 Å². The minimum Gasteiger partial charge on any atom is -0.494 e. The molecular weight excluding hydrogens is 414 g/mol. The van der Waals surface area contributed by atoms with Crippen LogP contribution in [0.3, 0.4) is 0 Å². The molecule has 8 heteroatoms. The third-order valence-electron chi connectivity index (χ3n) is 5.50. The van der Waals surface area contributed by atoms with Gasteiger partial charge >= 0.3 is 0 Å². The number of nitrogens with zero attached hydrogens (tertiary/aromatic N) is 1. The van der Waals surface area contributed by atoms with E-state index in [0.717, 1.165) is 32.4 Å². The van der Waals surface area contributed by atoms with Gasteiger partial charge in [-0.25, -0.2) is 8.42 Å². The van der Waals surface area contributed by atoms with Crippen molar-refractivity contribution in [3.63, 3.8) is 0 Å². The molecule has 31 heavy (non-hydrogen) atoms. The van der Waals surface area contributed by atoms with E-state index in [9.17, 15) is 13.2 Å². The van der Waals surface area contributed by atoms with Gasteiger partial charge in [-0.05, 0) is 94.7 Å². The number of carbonyl (C=O) groups is 1. The van der Waals surface area contributed by atoms with Gasteiger partial charge in [0.25, 0.3) is 15.9 Å². The average molecular weight is 446 g/mol. The van der Waals surface area contributed by atoms with Crippen LogP contribution in [0.15, 0.2) is 53.4 Å². The number of ether oxygens (including phenoxy) is 1. The molecule has 0 bridgehead atoms. The quantitative estimate of drug-likeness (QED) is 0.618. The van der Waals surface area contributed by atoms with Crippen molar-refractivity contribution in [2.45, 2.75) is 31.1 Å². The van der Waals surface area contributed by atoms with Gasteiger partial charge in [-0.1, -0.05) is 6.07 Å². The van der Waals surface area contributed by atoms with Gasteiger partial charge in [0.15, 0.2) is 0 Å². The van der Waals surface area contributed by atoms with Crippen LogP contribution in [0, 0.1) is 5.92 Å². The van der Waals surface area contributed by atoms with Crippen LogP contribution in [0.5, 0.6) is 5.75 Å². The smallest absolute Gasteiger partial charge is 0.261 e. The molecule has 2 aromatic rings. The van der Waals surface area contributed by atoms with Crippen LogP contribution in [-0.4, -0.2) is 52.5 Å². The lowest BCUT2D eigenvalue weighted by atomic mass is 9.94. The fraction of sp³-hybridized carbons (Fsp3) is 0.435. The van der Waals surface area contributed by atoms with E-state index in [0.29, 0.717) is 36.1 Å². The Hall–Kier alpha value is -2.58. The zero-order valence-electron chi connectivity index (χ0n) is 18.1. The van der Waals surface area contributed by atoms with Crippen molar-refractivity contribution < 1.29 is 17.9 Å². The molecule has 0 radical (unpaired) electrons. The second-order valence-corrected chi connectivity index (χ2v) is 9.56. The number of amides is 1. The van der Waals surface area contributed by atoms with Gasteiger partial charge < -0.3 is 15.0 Å². The fourth-order valence-electron chi connectivity index (χ4n) is 3.65. The van der Waals surface area contributed by atoms with E-state index in [4.69, 9.17) is 4.74 Å². The topological polar surface area (TPSA) is 87.7 Å². The van der Waals surface area contributed by atoms with Gasteiger partial charge in [0.2, 0.25) is 0 Å². The summed E-state index contributed by atoms with van der Waals surface area (Å²) in [6.45, 7) is 5.21. The maximum Gasteiger partial charge on any atom is 0.261 e. The highest BCUT2D eigenvalue weighted by Crippen LogP contribution is 2.21. The first-order chi connectivity index (χ1) is 14.9. The van der Waals surface area contributed by atoms with Gasteiger partial charge in [-0.15, -0.1) is 0 Å². The SMILES string of the molecule is CCOc1ccc(NS(=O)(=O)c2cccc(C(=O)NCCC3CCN(C)CC3)c2)cc1. The molecule has 1 amide bonds. The molecule has 0 atom stereocenters. The molecule has 1 aliphatic rings. The van der Waals surface area contributed by atoms with Gasteiger partial charge in [-0.3, -0.25) is 9.52 Å². The lowest BCUT2D eigenvalue weighted by Gasteiger charge is -2.28. The molecule has 0 aromatic heterocycles. The summed E-state index contributed by atoms with van der Waals surface area (Å²) in [7, 11) is -1.68.